The number of hydrogen-bond donors (Lipinski definition) is 1. The zero-order valence-corrected chi connectivity index (χ0v) is 9.77. The quantitative estimate of drug-likeness (QED) is 0.664. The molecule has 1 fully saturated rings. The second-order valence-corrected chi connectivity index (χ2v) is 4.29. The second kappa shape index (κ2) is 5.44. The van der Waals surface area contributed by atoms with E-state index in [4.69, 9.17) is 10.5 Å². The normalized spacial score (nSPS) is 27.7. The fraction of sp³-hybridized carbons (Fsp3) is 0.900. The molecule has 2 N–H and O–H groups in total. The van der Waals surface area contributed by atoms with Crippen molar-refractivity contribution in [2.45, 2.75) is 19.1 Å². The monoisotopic (exact) mass is 215 g/mol. The molecule has 0 saturated carbocycles. The predicted octanol–water partition coefficient (Wildman–Crippen LogP) is -0.877. The number of rotatable bonds is 3. The van der Waals surface area contributed by atoms with Gasteiger partial charge in [0.2, 0.25) is 5.91 Å². The van der Waals surface area contributed by atoms with Gasteiger partial charge in [-0.25, -0.2) is 0 Å². The summed E-state index contributed by atoms with van der Waals surface area (Å²) < 4.78 is 5.62. The summed E-state index contributed by atoms with van der Waals surface area (Å²) in [6.07, 6.45) is 0.214. The van der Waals surface area contributed by atoms with Crippen molar-refractivity contribution in [1.29, 1.82) is 0 Å². The van der Waals surface area contributed by atoms with Crippen molar-refractivity contribution in [3.63, 3.8) is 0 Å². The zero-order valence-electron chi connectivity index (χ0n) is 9.77. The molecule has 1 amide bonds. The molecule has 1 aliphatic rings. The molecule has 0 bridgehead atoms. The van der Waals surface area contributed by atoms with Gasteiger partial charge in [-0.1, -0.05) is 0 Å². The zero-order chi connectivity index (χ0) is 11.4. The summed E-state index contributed by atoms with van der Waals surface area (Å²) in [6.45, 7) is 4.53. The Morgan fingerprint density at radius 3 is 2.73 bits per heavy atom. The first-order chi connectivity index (χ1) is 7.02. The van der Waals surface area contributed by atoms with E-state index in [0.717, 1.165) is 13.1 Å². The largest absolute Gasteiger partial charge is 0.371 e. The molecule has 5 nitrogen and oxygen atoms in total. The Labute approximate surface area is 91.2 Å². The van der Waals surface area contributed by atoms with Crippen molar-refractivity contribution >= 4 is 5.91 Å². The molecule has 1 saturated heterocycles. The van der Waals surface area contributed by atoms with Crippen LogP contribution in [0.1, 0.15) is 6.92 Å². The first-order valence-corrected chi connectivity index (χ1v) is 5.31. The average molecular weight is 215 g/mol. The Hall–Kier alpha value is -0.650. The number of carbonyl (C=O) groups is 1. The molecule has 0 aromatic carbocycles. The third-order valence-corrected chi connectivity index (χ3v) is 2.52. The van der Waals surface area contributed by atoms with Crippen LogP contribution in [0.5, 0.6) is 0 Å². The van der Waals surface area contributed by atoms with Crippen molar-refractivity contribution in [3.05, 3.63) is 0 Å². The van der Waals surface area contributed by atoms with E-state index in [9.17, 15) is 4.79 Å². The van der Waals surface area contributed by atoms with Crippen LogP contribution in [0.15, 0.2) is 0 Å². The standard InChI is InChI=1S/C10H21N3O2/c1-8-5-13(6-9(4-11)15-8)7-10(14)12(2)3/h8-9H,4-7,11H2,1-3H3. The van der Waals surface area contributed by atoms with Crippen LogP contribution in [0.2, 0.25) is 0 Å². The smallest absolute Gasteiger partial charge is 0.236 e. The Balaban J connectivity index is 2.44. The summed E-state index contributed by atoms with van der Waals surface area (Å²) in [5, 5.41) is 0. The summed E-state index contributed by atoms with van der Waals surface area (Å²) in [4.78, 5) is 15.2. The topological polar surface area (TPSA) is 58.8 Å². The summed E-state index contributed by atoms with van der Waals surface area (Å²) >= 11 is 0. The molecule has 0 aromatic rings. The minimum Gasteiger partial charge on any atom is -0.371 e. The lowest BCUT2D eigenvalue weighted by Crippen LogP contribution is -2.51. The molecule has 0 radical (unpaired) electrons. The van der Waals surface area contributed by atoms with Gasteiger partial charge in [-0.3, -0.25) is 9.69 Å². The van der Waals surface area contributed by atoms with Crippen molar-refractivity contribution in [2.75, 3.05) is 40.3 Å². The van der Waals surface area contributed by atoms with Crippen LogP contribution in [0.25, 0.3) is 0 Å². The lowest BCUT2D eigenvalue weighted by Gasteiger charge is -2.36. The van der Waals surface area contributed by atoms with E-state index in [1.54, 1.807) is 19.0 Å². The lowest BCUT2D eigenvalue weighted by molar-refractivity contribution is -0.133. The first-order valence-electron chi connectivity index (χ1n) is 5.31. The van der Waals surface area contributed by atoms with E-state index in [1.165, 1.54) is 0 Å². The maximum absolute atomic E-state index is 11.5. The molecule has 2 unspecified atom stereocenters. The number of morpholine rings is 1. The Morgan fingerprint density at radius 1 is 1.53 bits per heavy atom. The molecule has 2 atom stereocenters. The SMILES string of the molecule is CC1CN(CC(=O)N(C)C)CC(CN)O1. The van der Waals surface area contributed by atoms with Crippen LogP contribution < -0.4 is 5.73 Å². The van der Waals surface area contributed by atoms with Crippen LogP contribution in [-0.2, 0) is 9.53 Å². The van der Waals surface area contributed by atoms with Gasteiger partial charge in [-0.15, -0.1) is 0 Å². The number of nitrogens with zero attached hydrogens (tertiary/aromatic N) is 2. The molecule has 1 aliphatic heterocycles. The lowest BCUT2D eigenvalue weighted by atomic mass is 10.2. The van der Waals surface area contributed by atoms with Gasteiger partial charge in [0, 0.05) is 33.7 Å². The van der Waals surface area contributed by atoms with Crippen molar-refractivity contribution in [2.24, 2.45) is 5.73 Å². The minimum absolute atomic E-state index is 0.0590. The molecule has 1 rings (SSSR count). The predicted molar refractivity (Wildman–Crippen MR) is 58.5 cm³/mol. The highest BCUT2D eigenvalue weighted by molar-refractivity contribution is 5.77. The van der Waals surface area contributed by atoms with Gasteiger partial charge in [-0.2, -0.15) is 0 Å². The Bertz CT molecular complexity index is 221. The van der Waals surface area contributed by atoms with Crippen LogP contribution in [0, 0.1) is 0 Å². The van der Waals surface area contributed by atoms with Crippen molar-refractivity contribution < 1.29 is 9.53 Å². The number of carbonyl (C=O) groups excluding carboxylic acids is 1. The van der Waals surface area contributed by atoms with Gasteiger partial charge < -0.3 is 15.4 Å². The maximum atomic E-state index is 11.5. The van der Waals surface area contributed by atoms with Crippen LogP contribution >= 0.6 is 0 Å². The van der Waals surface area contributed by atoms with Crippen molar-refractivity contribution in [3.8, 4) is 0 Å². The van der Waals surface area contributed by atoms with Crippen LogP contribution in [0.3, 0.4) is 0 Å². The highest BCUT2D eigenvalue weighted by Gasteiger charge is 2.25. The number of hydrogen-bond acceptors (Lipinski definition) is 4. The van der Waals surface area contributed by atoms with E-state index < -0.39 is 0 Å². The molecular formula is C10H21N3O2. The summed E-state index contributed by atoms with van der Waals surface area (Å²) in [7, 11) is 3.54. The van der Waals surface area contributed by atoms with E-state index in [0.29, 0.717) is 13.1 Å². The fourth-order valence-corrected chi connectivity index (χ4v) is 1.73. The number of ether oxygens (including phenoxy) is 1. The molecular weight excluding hydrogens is 194 g/mol. The highest BCUT2D eigenvalue weighted by atomic mass is 16.5. The van der Waals surface area contributed by atoms with E-state index >= 15 is 0 Å². The molecule has 1 heterocycles. The van der Waals surface area contributed by atoms with Gasteiger partial charge in [0.1, 0.15) is 0 Å². The van der Waals surface area contributed by atoms with Crippen LogP contribution in [0.4, 0.5) is 0 Å². The van der Waals surface area contributed by atoms with Gasteiger partial charge in [0.05, 0.1) is 18.8 Å². The Kier molecular flexibility index (Phi) is 4.50. The average Bonchev–Trinajstić information content (AvgIpc) is 2.16. The highest BCUT2D eigenvalue weighted by Crippen LogP contribution is 2.09. The molecule has 0 aliphatic carbocycles. The van der Waals surface area contributed by atoms with Crippen molar-refractivity contribution in [1.82, 2.24) is 9.80 Å². The van der Waals surface area contributed by atoms with Gasteiger partial charge >= 0.3 is 0 Å². The fourth-order valence-electron chi connectivity index (χ4n) is 1.73. The number of likely N-dealkylation sites (N-methyl/N-ethyl adjacent to an activating group) is 1. The van der Waals surface area contributed by atoms with E-state index in [-0.39, 0.29) is 18.1 Å². The van der Waals surface area contributed by atoms with E-state index in [2.05, 4.69) is 4.90 Å². The summed E-state index contributed by atoms with van der Waals surface area (Å²) in [5.41, 5.74) is 5.57. The van der Waals surface area contributed by atoms with Crippen LogP contribution in [-0.4, -0.2) is 68.2 Å². The first kappa shape index (κ1) is 12.4. The van der Waals surface area contributed by atoms with Gasteiger partial charge in [0.25, 0.3) is 0 Å². The minimum atomic E-state index is 0.0590. The third kappa shape index (κ3) is 3.77. The molecule has 88 valence electrons. The molecule has 0 spiro atoms. The number of amides is 1. The molecule has 15 heavy (non-hydrogen) atoms. The van der Waals surface area contributed by atoms with Gasteiger partial charge in [-0.05, 0) is 6.92 Å². The molecule has 5 heteroatoms. The molecule has 0 aromatic heterocycles. The maximum Gasteiger partial charge on any atom is 0.236 e. The van der Waals surface area contributed by atoms with E-state index in [1.807, 2.05) is 6.92 Å². The number of nitrogens with two attached hydrogens (primary N) is 1. The third-order valence-electron chi connectivity index (χ3n) is 2.52. The van der Waals surface area contributed by atoms with Gasteiger partial charge in [0.15, 0.2) is 0 Å². The summed E-state index contributed by atoms with van der Waals surface area (Å²) in [5.74, 6) is 0.125. The summed E-state index contributed by atoms with van der Waals surface area (Å²) in [6, 6.07) is 0. The Morgan fingerprint density at radius 2 is 2.20 bits per heavy atom. The second-order valence-electron chi connectivity index (χ2n) is 4.29.